The van der Waals surface area contributed by atoms with Crippen molar-refractivity contribution in [3.05, 3.63) is 23.4 Å². The van der Waals surface area contributed by atoms with E-state index in [1.165, 1.54) is 0 Å². The van der Waals surface area contributed by atoms with Gasteiger partial charge >= 0.3 is 6.09 Å². The molecule has 21 heavy (non-hydrogen) atoms. The topological polar surface area (TPSA) is 51.7 Å². The molecule has 1 amide bonds. The van der Waals surface area contributed by atoms with Crippen LogP contribution in [0.3, 0.4) is 0 Å². The minimum atomic E-state index is -0.466. The molecule has 0 saturated carbocycles. The van der Waals surface area contributed by atoms with Gasteiger partial charge in [-0.2, -0.15) is 0 Å². The van der Waals surface area contributed by atoms with Crippen LogP contribution in [0.4, 0.5) is 4.79 Å². The zero-order chi connectivity index (χ0) is 15.2. The van der Waals surface area contributed by atoms with Gasteiger partial charge in [0.05, 0.1) is 13.2 Å². The van der Waals surface area contributed by atoms with E-state index in [0.29, 0.717) is 5.88 Å². The molecular weight excluding hydrogens is 268 g/mol. The van der Waals surface area contributed by atoms with E-state index in [9.17, 15) is 4.79 Å². The van der Waals surface area contributed by atoms with Crippen molar-refractivity contribution >= 4 is 6.09 Å². The van der Waals surface area contributed by atoms with Crippen LogP contribution in [0.5, 0.6) is 5.88 Å². The molecule has 3 rings (SSSR count). The molecule has 1 aromatic rings. The predicted octanol–water partition coefficient (Wildman–Crippen LogP) is 3.09. The van der Waals surface area contributed by atoms with Gasteiger partial charge in [-0.05, 0) is 51.7 Å². The molecule has 0 aromatic carbocycles. The number of hydrogen-bond donors (Lipinski definition) is 0. The second kappa shape index (κ2) is 4.90. The van der Waals surface area contributed by atoms with Crippen LogP contribution in [0.25, 0.3) is 0 Å². The van der Waals surface area contributed by atoms with Gasteiger partial charge in [0.1, 0.15) is 5.60 Å². The van der Waals surface area contributed by atoms with Gasteiger partial charge in [0, 0.05) is 17.8 Å². The van der Waals surface area contributed by atoms with Gasteiger partial charge < -0.3 is 9.47 Å². The summed E-state index contributed by atoms with van der Waals surface area (Å²) >= 11 is 0. The standard InChI is InChI=1S/C16H22N2O3/c1-16(2,3)21-15(19)18-10-5-6-13(18)11-7-8-17-14(20-4)12(11)9-10/h7-8,10,13H,5-6,9H2,1-4H3/t10-,13+/m0/s1. The van der Waals surface area contributed by atoms with Crippen molar-refractivity contribution in [2.45, 2.75) is 57.7 Å². The molecule has 3 heterocycles. The van der Waals surface area contributed by atoms with Crippen molar-refractivity contribution in [1.82, 2.24) is 9.88 Å². The molecule has 0 N–H and O–H groups in total. The summed E-state index contributed by atoms with van der Waals surface area (Å²) in [5, 5.41) is 0. The van der Waals surface area contributed by atoms with E-state index in [2.05, 4.69) is 4.98 Å². The Morgan fingerprint density at radius 1 is 1.38 bits per heavy atom. The van der Waals surface area contributed by atoms with Gasteiger partial charge in [-0.15, -0.1) is 0 Å². The molecule has 2 atom stereocenters. The molecule has 5 nitrogen and oxygen atoms in total. The number of amides is 1. The summed E-state index contributed by atoms with van der Waals surface area (Å²) in [5.74, 6) is 0.688. The van der Waals surface area contributed by atoms with Gasteiger partial charge in [-0.25, -0.2) is 9.78 Å². The Morgan fingerprint density at radius 3 is 2.81 bits per heavy atom. The average molecular weight is 290 g/mol. The molecular formula is C16H22N2O3. The summed E-state index contributed by atoms with van der Waals surface area (Å²) in [6, 6.07) is 2.28. The fourth-order valence-corrected chi connectivity index (χ4v) is 3.40. The van der Waals surface area contributed by atoms with Crippen LogP contribution in [-0.2, 0) is 11.2 Å². The van der Waals surface area contributed by atoms with Gasteiger partial charge in [0.2, 0.25) is 5.88 Å². The van der Waals surface area contributed by atoms with Crippen molar-refractivity contribution in [3.8, 4) is 5.88 Å². The molecule has 0 unspecified atom stereocenters. The van der Waals surface area contributed by atoms with E-state index in [-0.39, 0.29) is 18.2 Å². The summed E-state index contributed by atoms with van der Waals surface area (Å²) in [4.78, 5) is 18.7. The van der Waals surface area contributed by atoms with Gasteiger partial charge in [-0.1, -0.05) is 0 Å². The highest BCUT2D eigenvalue weighted by Crippen LogP contribution is 2.46. The molecule has 1 aromatic heterocycles. The fraction of sp³-hybridized carbons (Fsp3) is 0.625. The first-order chi connectivity index (χ1) is 9.90. The highest BCUT2D eigenvalue weighted by Gasteiger charge is 2.45. The number of methoxy groups -OCH3 is 1. The first-order valence-corrected chi connectivity index (χ1v) is 7.44. The van der Waals surface area contributed by atoms with E-state index in [1.54, 1.807) is 13.3 Å². The monoisotopic (exact) mass is 290 g/mol. The number of aromatic nitrogens is 1. The van der Waals surface area contributed by atoms with Gasteiger partial charge in [0.15, 0.2) is 0 Å². The lowest BCUT2D eigenvalue weighted by atomic mass is 9.95. The first-order valence-electron chi connectivity index (χ1n) is 7.44. The Kier molecular flexibility index (Phi) is 3.30. The van der Waals surface area contributed by atoms with E-state index in [0.717, 1.165) is 30.4 Å². The summed E-state index contributed by atoms with van der Waals surface area (Å²) in [6.45, 7) is 5.70. The molecule has 2 bridgehead atoms. The smallest absolute Gasteiger partial charge is 0.411 e. The fourth-order valence-electron chi connectivity index (χ4n) is 3.40. The van der Waals surface area contributed by atoms with Crippen LogP contribution in [0.1, 0.15) is 50.8 Å². The lowest BCUT2D eigenvalue weighted by molar-refractivity contribution is 0.0123. The quantitative estimate of drug-likeness (QED) is 0.797. The van der Waals surface area contributed by atoms with Crippen LogP contribution in [0, 0.1) is 0 Å². The Labute approximate surface area is 125 Å². The number of ether oxygens (including phenoxy) is 2. The van der Waals surface area contributed by atoms with E-state index >= 15 is 0 Å². The van der Waals surface area contributed by atoms with Crippen molar-refractivity contribution in [2.75, 3.05) is 7.11 Å². The Morgan fingerprint density at radius 2 is 2.14 bits per heavy atom. The number of rotatable bonds is 1. The molecule has 0 spiro atoms. The number of fused-ring (bicyclic) bond motifs is 4. The van der Waals surface area contributed by atoms with E-state index in [1.807, 2.05) is 31.7 Å². The second-order valence-electron chi connectivity index (χ2n) is 6.73. The molecule has 5 heteroatoms. The molecule has 2 aliphatic rings. The van der Waals surface area contributed by atoms with Crippen LogP contribution in [-0.4, -0.2) is 34.7 Å². The molecule has 0 aliphatic carbocycles. The number of carbonyl (C=O) groups excluding carboxylic acids is 1. The lowest BCUT2D eigenvalue weighted by Crippen LogP contribution is -2.44. The first kappa shape index (κ1) is 14.2. The number of pyridine rings is 1. The number of nitrogens with zero attached hydrogens (tertiary/aromatic N) is 2. The SMILES string of the molecule is COc1nccc2c1C[C@@H]1CC[C@H]2N1C(=O)OC(C)(C)C. The van der Waals surface area contributed by atoms with Gasteiger partial charge in [-0.3, -0.25) is 4.90 Å². The normalized spacial score (nSPS) is 23.7. The Hall–Kier alpha value is -1.78. The predicted molar refractivity (Wildman–Crippen MR) is 78.3 cm³/mol. The van der Waals surface area contributed by atoms with Crippen LogP contribution in [0.15, 0.2) is 12.3 Å². The summed E-state index contributed by atoms with van der Waals surface area (Å²) < 4.78 is 10.9. The Bertz CT molecular complexity index is 565. The molecule has 2 aliphatic heterocycles. The average Bonchev–Trinajstić information content (AvgIpc) is 2.72. The summed E-state index contributed by atoms with van der Waals surface area (Å²) in [5.41, 5.74) is 1.83. The summed E-state index contributed by atoms with van der Waals surface area (Å²) in [7, 11) is 1.64. The van der Waals surface area contributed by atoms with Crippen molar-refractivity contribution < 1.29 is 14.3 Å². The van der Waals surface area contributed by atoms with E-state index < -0.39 is 5.60 Å². The van der Waals surface area contributed by atoms with E-state index in [4.69, 9.17) is 9.47 Å². The number of carbonyl (C=O) groups is 1. The van der Waals surface area contributed by atoms with Crippen LogP contribution >= 0.6 is 0 Å². The van der Waals surface area contributed by atoms with Crippen molar-refractivity contribution in [1.29, 1.82) is 0 Å². The van der Waals surface area contributed by atoms with Crippen LogP contribution < -0.4 is 4.74 Å². The number of hydrogen-bond acceptors (Lipinski definition) is 4. The maximum absolute atomic E-state index is 12.5. The maximum Gasteiger partial charge on any atom is 0.411 e. The molecule has 1 saturated heterocycles. The van der Waals surface area contributed by atoms with Crippen molar-refractivity contribution in [3.63, 3.8) is 0 Å². The highest BCUT2D eigenvalue weighted by molar-refractivity contribution is 5.71. The molecule has 114 valence electrons. The zero-order valence-electron chi connectivity index (χ0n) is 13.0. The second-order valence-corrected chi connectivity index (χ2v) is 6.73. The Balaban J connectivity index is 1.92. The maximum atomic E-state index is 12.5. The zero-order valence-corrected chi connectivity index (χ0v) is 13.0. The molecule has 1 fully saturated rings. The minimum absolute atomic E-state index is 0.0884. The molecule has 0 radical (unpaired) electrons. The summed E-state index contributed by atoms with van der Waals surface area (Å²) in [6.07, 6.45) is 4.31. The van der Waals surface area contributed by atoms with Crippen molar-refractivity contribution in [2.24, 2.45) is 0 Å². The highest BCUT2D eigenvalue weighted by atomic mass is 16.6. The van der Waals surface area contributed by atoms with Gasteiger partial charge in [0.25, 0.3) is 0 Å². The third-order valence-corrected chi connectivity index (χ3v) is 4.15. The third-order valence-electron chi connectivity index (χ3n) is 4.15. The third kappa shape index (κ3) is 2.45. The lowest BCUT2D eigenvalue weighted by Gasteiger charge is -2.37. The van der Waals surface area contributed by atoms with Crippen LogP contribution in [0.2, 0.25) is 0 Å². The minimum Gasteiger partial charge on any atom is -0.481 e. The largest absolute Gasteiger partial charge is 0.481 e.